The minimum Gasteiger partial charge on any atom is -0.479 e. The monoisotopic (exact) mass is 975 g/mol. The Labute approximate surface area is 396 Å². The summed E-state index contributed by atoms with van der Waals surface area (Å²) in [6.45, 7) is 13.7. The van der Waals surface area contributed by atoms with Crippen molar-refractivity contribution in [3.8, 4) is 0 Å². The Bertz CT molecular complexity index is 1860. The fraction of sp³-hybridized carbons (Fsp3) is 0.938. The maximum Gasteiger partial charge on any atom is 0.335 e. The van der Waals surface area contributed by atoms with Gasteiger partial charge in [0.05, 0.1) is 43.5 Å². The van der Waals surface area contributed by atoms with Crippen LogP contribution in [0.5, 0.6) is 0 Å². The Morgan fingerprint density at radius 1 is 0.647 bits per heavy atom. The summed E-state index contributed by atoms with van der Waals surface area (Å²) in [5.41, 5.74) is -2.11. The maximum absolute atomic E-state index is 12.7. The number of rotatable bonds is 10. The molecule has 3 heterocycles. The predicted octanol–water partition coefficient (Wildman–Crippen LogP) is -1.35. The van der Waals surface area contributed by atoms with Crippen molar-refractivity contribution in [1.29, 1.82) is 0 Å². The average Bonchev–Trinajstić information content (AvgIpc) is 3.26. The largest absolute Gasteiger partial charge is 0.479 e. The summed E-state index contributed by atoms with van der Waals surface area (Å²) in [4.78, 5) is 12.4. The number of hydrogen-bond acceptors (Lipinski definition) is 19. The summed E-state index contributed by atoms with van der Waals surface area (Å²) >= 11 is 0. The van der Waals surface area contributed by atoms with Crippen LogP contribution in [0.2, 0.25) is 0 Å². The Morgan fingerprint density at radius 3 is 1.82 bits per heavy atom. The molecule has 4 saturated carbocycles. The van der Waals surface area contributed by atoms with Crippen molar-refractivity contribution in [2.24, 2.45) is 50.2 Å². The van der Waals surface area contributed by atoms with E-state index in [-0.39, 0.29) is 40.6 Å². The SMILES string of the molecule is CC1(C)C[C@H](O)[C@]2(CO[C@@H]3O[C@H](CO)[C@@H](O)[C@H](O)[C@H]3O)[C@@H](O)C[C@]3(C)C(=CC[C@@H]4[C@@]5(C)CC[C@H](O[C@@H]6O[C@H](C(=O)O)[C@@H](O)[C@H](O[C@@H]7O[C@H](CO)[C@@H](O)[C@H](O)[C@H]7O)[C@H]6O)C(C)(C)[C@@H]5CC[C@]43C)[C@@H]2C1. The van der Waals surface area contributed by atoms with Gasteiger partial charge in [-0.25, -0.2) is 4.79 Å². The molecule has 0 bridgehead atoms. The molecule has 0 aromatic rings. The summed E-state index contributed by atoms with van der Waals surface area (Å²) in [5.74, 6) is -1.75. The van der Waals surface area contributed by atoms with Crippen LogP contribution in [-0.2, 0) is 33.2 Å². The first-order valence-electron chi connectivity index (χ1n) is 24.5. The molecule has 8 rings (SSSR count). The van der Waals surface area contributed by atoms with Crippen molar-refractivity contribution >= 4 is 5.97 Å². The minimum atomic E-state index is -1.99. The van der Waals surface area contributed by atoms with Crippen LogP contribution in [0.1, 0.15) is 99.8 Å². The molecule has 5 aliphatic carbocycles. The fourth-order valence-electron chi connectivity index (χ4n) is 15.4. The number of aliphatic hydroxyl groups is 12. The van der Waals surface area contributed by atoms with E-state index in [2.05, 4.69) is 54.5 Å². The highest BCUT2D eigenvalue weighted by molar-refractivity contribution is 5.73. The normalized spacial score (nSPS) is 54.3. The number of carboxylic acids is 1. The van der Waals surface area contributed by atoms with Crippen molar-refractivity contribution in [3.05, 3.63) is 11.6 Å². The van der Waals surface area contributed by atoms with Gasteiger partial charge in [0, 0.05) is 0 Å². The first-order valence-corrected chi connectivity index (χ1v) is 24.5. The summed E-state index contributed by atoms with van der Waals surface area (Å²) in [5, 5.41) is 140. The van der Waals surface area contributed by atoms with Crippen LogP contribution in [0.25, 0.3) is 0 Å². The Hall–Kier alpha value is -1.51. The molecule has 0 unspecified atom stereocenters. The molecule has 0 aromatic heterocycles. The molecule has 0 amide bonds. The van der Waals surface area contributed by atoms with Gasteiger partial charge in [-0.2, -0.15) is 0 Å². The Balaban J connectivity index is 1.04. The van der Waals surface area contributed by atoms with Crippen LogP contribution in [0, 0.1) is 50.2 Å². The first kappa shape index (κ1) is 52.8. The summed E-state index contributed by atoms with van der Waals surface area (Å²) in [6, 6.07) is 0. The molecule has 8 aliphatic rings. The van der Waals surface area contributed by atoms with E-state index in [1.54, 1.807) is 0 Å². The zero-order valence-corrected chi connectivity index (χ0v) is 40.2. The molecule has 390 valence electrons. The predicted molar refractivity (Wildman–Crippen MR) is 233 cm³/mol. The number of carbonyl (C=O) groups is 1. The highest BCUT2D eigenvalue weighted by Crippen LogP contribution is 2.76. The van der Waals surface area contributed by atoms with E-state index < -0.39 is 146 Å². The van der Waals surface area contributed by atoms with Gasteiger partial charge in [-0.15, -0.1) is 0 Å². The topological polar surface area (TPSA) is 335 Å². The molecule has 0 spiro atoms. The Morgan fingerprint density at radius 2 is 1.22 bits per heavy atom. The number of carboxylic acid groups (broad SMARTS) is 1. The number of aliphatic carboxylic acids is 1. The molecule has 13 N–H and O–H groups in total. The lowest BCUT2D eigenvalue weighted by atomic mass is 9.33. The van der Waals surface area contributed by atoms with Gasteiger partial charge in [-0.1, -0.05) is 60.1 Å². The van der Waals surface area contributed by atoms with Crippen LogP contribution in [-0.4, -0.2) is 203 Å². The molecular weight excluding hydrogens is 897 g/mol. The first-order chi connectivity index (χ1) is 31.6. The molecule has 3 saturated heterocycles. The summed E-state index contributed by atoms with van der Waals surface area (Å²) < 4.78 is 35.5. The lowest BCUT2D eigenvalue weighted by molar-refractivity contribution is -0.365. The highest BCUT2D eigenvalue weighted by atomic mass is 16.7. The van der Waals surface area contributed by atoms with Crippen LogP contribution >= 0.6 is 0 Å². The second-order valence-corrected chi connectivity index (χ2v) is 23.8. The molecule has 68 heavy (non-hydrogen) atoms. The summed E-state index contributed by atoms with van der Waals surface area (Å²) in [7, 11) is 0. The molecule has 7 fully saturated rings. The lowest BCUT2D eigenvalue weighted by Gasteiger charge is -2.72. The van der Waals surface area contributed by atoms with E-state index in [9.17, 15) is 71.2 Å². The third-order valence-corrected chi connectivity index (χ3v) is 19.4. The van der Waals surface area contributed by atoms with Gasteiger partial charge in [-0.05, 0) is 96.2 Å². The Kier molecular flexibility index (Phi) is 14.3. The van der Waals surface area contributed by atoms with Crippen molar-refractivity contribution in [1.82, 2.24) is 0 Å². The molecule has 20 nitrogen and oxygen atoms in total. The van der Waals surface area contributed by atoms with E-state index in [1.165, 1.54) is 0 Å². The molecule has 25 atom stereocenters. The van der Waals surface area contributed by atoms with E-state index in [4.69, 9.17) is 28.4 Å². The van der Waals surface area contributed by atoms with Crippen LogP contribution < -0.4 is 0 Å². The zero-order chi connectivity index (χ0) is 50.0. The standard InChI is InChI=1S/C48H78O20/c1-43(2)14-21-20-8-9-25-45(5)12-11-28(66-42-36(60)37(35(59)38(68-42)39(61)62)67-41-34(58)32(56)30(54)23(18-50)65-41)44(3,4)24(45)10-13-46(25,6)47(20,7)16-27(52)48(21,26(51)15-43)19-63-40-33(57)31(55)29(53)22(17-49)64-40/h8,21-38,40-42,49-60H,9-19H2,1-7H3,(H,61,62)/t21-,22+,23+,24-,25+,26-,27-,28-,29+,30+,31-,32-,33+,34+,35-,36+,37-,38-,40+,41-,42+,45-,46+,47+,48+/m0/s1. The van der Waals surface area contributed by atoms with Gasteiger partial charge in [0.15, 0.2) is 25.0 Å². The van der Waals surface area contributed by atoms with Crippen molar-refractivity contribution in [2.45, 2.75) is 210 Å². The van der Waals surface area contributed by atoms with E-state index >= 15 is 0 Å². The quantitative estimate of drug-likeness (QED) is 0.0889. The number of allylic oxidation sites excluding steroid dienone is 2. The maximum atomic E-state index is 12.7. The lowest BCUT2D eigenvalue weighted by Crippen LogP contribution is -2.70. The molecule has 20 heteroatoms. The number of aliphatic hydroxyl groups excluding tert-OH is 12. The number of ether oxygens (including phenoxy) is 6. The second-order valence-electron chi connectivity index (χ2n) is 23.8. The molecule has 0 radical (unpaired) electrons. The minimum absolute atomic E-state index is 0.0445. The second kappa shape index (κ2) is 18.5. The number of fused-ring (bicyclic) bond motifs is 7. The highest BCUT2D eigenvalue weighted by Gasteiger charge is 2.72. The van der Waals surface area contributed by atoms with E-state index in [1.807, 2.05) is 0 Å². The van der Waals surface area contributed by atoms with Crippen LogP contribution in [0.4, 0.5) is 0 Å². The van der Waals surface area contributed by atoms with Gasteiger partial charge in [0.1, 0.15) is 67.1 Å². The third kappa shape index (κ3) is 8.07. The van der Waals surface area contributed by atoms with Crippen molar-refractivity contribution in [2.75, 3.05) is 19.8 Å². The van der Waals surface area contributed by atoms with Gasteiger partial charge in [-0.3, -0.25) is 0 Å². The molecule has 3 aliphatic heterocycles. The smallest absolute Gasteiger partial charge is 0.335 e. The molecular formula is C48H78O20. The third-order valence-electron chi connectivity index (χ3n) is 19.4. The fourth-order valence-corrected chi connectivity index (χ4v) is 15.4. The number of hydrogen-bond donors (Lipinski definition) is 13. The average molecular weight is 975 g/mol. The van der Waals surface area contributed by atoms with Gasteiger partial charge in [0.2, 0.25) is 0 Å². The molecule has 0 aromatic carbocycles. The zero-order valence-electron chi connectivity index (χ0n) is 40.2. The van der Waals surface area contributed by atoms with Crippen LogP contribution in [0.15, 0.2) is 11.6 Å². The van der Waals surface area contributed by atoms with Crippen molar-refractivity contribution in [3.63, 3.8) is 0 Å². The van der Waals surface area contributed by atoms with Gasteiger partial charge in [0.25, 0.3) is 0 Å². The summed E-state index contributed by atoms with van der Waals surface area (Å²) in [6.07, 6.45) is -20.8. The van der Waals surface area contributed by atoms with Crippen LogP contribution in [0.3, 0.4) is 0 Å². The van der Waals surface area contributed by atoms with E-state index in [0.29, 0.717) is 38.5 Å². The van der Waals surface area contributed by atoms with Gasteiger partial charge >= 0.3 is 5.97 Å². The van der Waals surface area contributed by atoms with Crippen molar-refractivity contribution < 1.29 is 99.6 Å². The van der Waals surface area contributed by atoms with Gasteiger partial charge < -0.3 is 94.8 Å². The van der Waals surface area contributed by atoms with E-state index in [0.717, 1.165) is 18.4 Å².